The highest BCUT2D eigenvalue weighted by Gasteiger charge is 2.26. The van der Waals surface area contributed by atoms with Crippen molar-refractivity contribution >= 4 is 16.0 Å². The highest BCUT2D eigenvalue weighted by atomic mass is 32.2. The number of ether oxygens (including phenoxy) is 1. The van der Waals surface area contributed by atoms with Gasteiger partial charge in [0.25, 0.3) is 0 Å². The second kappa shape index (κ2) is 6.93. The van der Waals surface area contributed by atoms with Crippen LogP contribution in [0.2, 0.25) is 0 Å². The van der Waals surface area contributed by atoms with Crippen LogP contribution in [0.25, 0.3) is 0 Å². The molecule has 0 bridgehead atoms. The van der Waals surface area contributed by atoms with Crippen LogP contribution in [-0.2, 0) is 19.6 Å². The Kier molecular flexibility index (Phi) is 5.87. The van der Waals surface area contributed by atoms with Crippen molar-refractivity contribution in [1.82, 2.24) is 4.72 Å². The van der Waals surface area contributed by atoms with Crippen molar-refractivity contribution < 1.29 is 23.1 Å². The zero-order valence-electron chi connectivity index (χ0n) is 9.72. The predicted octanol–water partition coefficient (Wildman–Crippen LogP) is 0.340. The van der Waals surface area contributed by atoms with Crippen molar-refractivity contribution in [2.75, 3.05) is 19.8 Å². The molecule has 100 valence electrons. The number of hydrogen-bond donors (Lipinski definition) is 2. The summed E-state index contributed by atoms with van der Waals surface area (Å²) < 4.78 is 31.2. The summed E-state index contributed by atoms with van der Waals surface area (Å²) >= 11 is 0. The fraction of sp³-hybridized carbons (Fsp3) is 0.900. The highest BCUT2D eigenvalue weighted by Crippen LogP contribution is 2.14. The minimum atomic E-state index is -3.26. The molecular weight excluding hydrogens is 246 g/mol. The van der Waals surface area contributed by atoms with Crippen molar-refractivity contribution in [3.8, 4) is 0 Å². The number of rotatable bonds is 7. The zero-order chi connectivity index (χ0) is 12.7. The minimum absolute atomic E-state index is 0.0823. The maximum atomic E-state index is 11.8. The van der Waals surface area contributed by atoms with Crippen LogP contribution in [-0.4, -0.2) is 44.5 Å². The van der Waals surface area contributed by atoms with E-state index in [1.807, 2.05) is 0 Å². The molecule has 1 saturated heterocycles. The average Bonchev–Trinajstić information content (AvgIpc) is 2.29. The van der Waals surface area contributed by atoms with Gasteiger partial charge in [-0.15, -0.1) is 0 Å². The van der Waals surface area contributed by atoms with E-state index in [4.69, 9.17) is 9.84 Å². The van der Waals surface area contributed by atoms with Gasteiger partial charge in [0.15, 0.2) is 0 Å². The lowest BCUT2D eigenvalue weighted by Gasteiger charge is -2.22. The lowest BCUT2D eigenvalue weighted by molar-refractivity contribution is -0.137. The molecule has 0 radical (unpaired) electrons. The van der Waals surface area contributed by atoms with Crippen LogP contribution in [0.1, 0.15) is 32.1 Å². The van der Waals surface area contributed by atoms with Gasteiger partial charge in [-0.05, 0) is 25.7 Å². The van der Waals surface area contributed by atoms with Crippen LogP contribution < -0.4 is 4.72 Å². The van der Waals surface area contributed by atoms with E-state index in [9.17, 15) is 13.2 Å². The van der Waals surface area contributed by atoms with E-state index in [0.717, 1.165) is 0 Å². The molecule has 0 atom stereocenters. The van der Waals surface area contributed by atoms with E-state index in [1.54, 1.807) is 0 Å². The number of unbranched alkanes of at least 4 members (excludes halogenated alkanes) is 1. The Morgan fingerprint density at radius 1 is 1.29 bits per heavy atom. The topological polar surface area (TPSA) is 92.7 Å². The van der Waals surface area contributed by atoms with E-state index in [2.05, 4.69) is 4.72 Å². The van der Waals surface area contributed by atoms with Gasteiger partial charge in [0.05, 0.1) is 5.25 Å². The summed E-state index contributed by atoms with van der Waals surface area (Å²) in [6.45, 7) is 1.29. The fourth-order valence-electron chi connectivity index (χ4n) is 1.72. The number of hydrogen-bond acceptors (Lipinski definition) is 4. The molecule has 0 spiro atoms. The highest BCUT2D eigenvalue weighted by molar-refractivity contribution is 7.90. The molecule has 1 fully saturated rings. The van der Waals surface area contributed by atoms with E-state index >= 15 is 0 Å². The summed E-state index contributed by atoms with van der Waals surface area (Å²) in [6.07, 6.45) is 2.19. The van der Waals surface area contributed by atoms with Crippen molar-refractivity contribution in [3.05, 3.63) is 0 Å². The Morgan fingerprint density at radius 3 is 2.53 bits per heavy atom. The van der Waals surface area contributed by atoms with Crippen LogP contribution in [0.4, 0.5) is 0 Å². The molecule has 0 aromatic rings. The molecule has 17 heavy (non-hydrogen) atoms. The number of aliphatic carboxylic acids is 1. The molecule has 1 aliphatic heterocycles. The standard InChI is InChI=1S/C10H19NO5S/c12-10(13)3-1-2-6-11-17(14,15)9-4-7-16-8-5-9/h9,11H,1-8H2,(H,12,13). The van der Waals surface area contributed by atoms with Crippen molar-refractivity contribution in [2.24, 2.45) is 0 Å². The van der Waals surface area contributed by atoms with E-state index in [1.165, 1.54) is 0 Å². The summed E-state index contributed by atoms with van der Waals surface area (Å²) in [4.78, 5) is 10.3. The molecule has 6 nitrogen and oxygen atoms in total. The molecule has 7 heteroatoms. The smallest absolute Gasteiger partial charge is 0.303 e. The molecule has 2 N–H and O–H groups in total. The summed E-state index contributed by atoms with van der Waals surface area (Å²) in [5.41, 5.74) is 0. The average molecular weight is 265 g/mol. The van der Waals surface area contributed by atoms with Gasteiger partial charge in [-0.3, -0.25) is 4.79 Å². The largest absolute Gasteiger partial charge is 0.481 e. The van der Waals surface area contributed by atoms with Crippen molar-refractivity contribution in [2.45, 2.75) is 37.4 Å². The third kappa shape index (κ3) is 5.47. The third-order valence-corrected chi connectivity index (χ3v) is 4.68. The van der Waals surface area contributed by atoms with E-state index in [0.29, 0.717) is 45.4 Å². The molecule has 0 amide bonds. The van der Waals surface area contributed by atoms with Crippen molar-refractivity contribution in [3.63, 3.8) is 0 Å². The fourth-order valence-corrected chi connectivity index (χ4v) is 3.20. The van der Waals surface area contributed by atoms with E-state index in [-0.39, 0.29) is 11.7 Å². The van der Waals surface area contributed by atoms with E-state index < -0.39 is 16.0 Å². The van der Waals surface area contributed by atoms with Crippen LogP contribution in [0.5, 0.6) is 0 Å². The van der Waals surface area contributed by atoms with Crippen LogP contribution in [0.3, 0.4) is 0 Å². The van der Waals surface area contributed by atoms with Crippen LogP contribution in [0, 0.1) is 0 Å². The summed E-state index contributed by atoms with van der Waals surface area (Å²) in [5.74, 6) is -0.850. The third-order valence-electron chi connectivity index (χ3n) is 2.73. The Morgan fingerprint density at radius 2 is 1.94 bits per heavy atom. The first kappa shape index (κ1) is 14.4. The molecular formula is C10H19NO5S. The van der Waals surface area contributed by atoms with Gasteiger partial charge in [-0.25, -0.2) is 13.1 Å². The molecule has 0 saturated carbocycles. The lowest BCUT2D eigenvalue weighted by Crippen LogP contribution is -2.38. The Labute approximate surface area is 101 Å². The zero-order valence-corrected chi connectivity index (χ0v) is 10.5. The van der Waals surface area contributed by atoms with Crippen LogP contribution in [0.15, 0.2) is 0 Å². The minimum Gasteiger partial charge on any atom is -0.481 e. The van der Waals surface area contributed by atoms with Gasteiger partial charge in [-0.1, -0.05) is 0 Å². The van der Waals surface area contributed by atoms with Gasteiger partial charge < -0.3 is 9.84 Å². The molecule has 0 aliphatic carbocycles. The molecule has 0 aromatic carbocycles. The summed E-state index contributed by atoms with van der Waals surface area (Å²) in [6, 6.07) is 0. The van der Waals surface area contributed by atoms with Gasteiger partial charge in [0.1, 0.15) is 0 Å². The first-order valence-electron chi connectivity index (χ1n) is 5.80. The predicted molar refractivity (Wildman–Crippen MR) is 62.3 cm³/mol. The van der Waals surface area contributed by atoms with Gasteiger partial charge in [0.2, 0.25) is 10.0 Å². The number of carboxylic acids is 1. The number of sulfonamides is 1. The molecule has 0 unspecified atom stereocenters. The molecule has 1 rings (SSSR count). The molecule has 1 aliphatic rings. The number of carbonyl (C=O) groups is 1. The number of carboxylic acid groups (broad SMARTS) is 1. The SMILES string of the molecule is O=C(O)CCCCNS(=O)(=O)C1CCOCC1. The molecule has 0 aromatic heterocycles. The Bertz CT molecular complexity index is 335. The quantitative estimate of drug-likeness (QED) is 0.647. The monoisotopic (exact) mass is 265 g/mol. The van der Waals surface area contributed by atoms with Gasteiger partial charge in [0, 0.05) is 26.2 Å². The maximum absolute atomic E-state index is 11.8. The molecule has 1 heterocycles. The summed E-state index contributed by atoms with van der Waals surface area (Å²) in [5, 5.41) is 8.06. The Hall–Kier alpha value is -0.660. The second-order valence-corrected chi connectivity index (χ2v) is 6.15. The van der Waals surface area contributed by atoms with Gasteiger partial charge in [-0.2, -0.15) is 0 Å². The first-order valence-corrected chi connectivity index (χ1v) is 7.35. The van der Waals surface area contributed by atoms with Gasteiger partial charge >= 0.3 is 5.97 Å². The number of nitrogens with one attached hydrogen (secondary N) is 1. The normalized spacial score (nSPS) is 18.1. The second-order valence-electron chi connectivity index (χ2n) is 4.10. The van der Waals surface area contributed by atoms with Crippen LogP contribution >= 0.6 is 0 Å². The maximum Gasteiger partial charge on any atom is 0.303 e. The lowest BCUT2D eigenvalue weighted by atomic mass is 10.2. The Balaban J connectivity index is 2.22. The van der Waals surface area contributed by atoms with Crippen molar-refractivity contribution in [1.29, 1.82) is 0 Å². The first-order chi connectivity index (χ1) is 8.02. The summed E-state index contributed by atoms with van der Waals surface area (Å²) in [7, 11) is -3.26.